The third-order valence-corrected chi connectivity index (χ3v) is 7.35. The molecule has 0 spiro atoms. The standard InChI is InChI=1S/C13H11N3O4S2.C9H8O4.C2H4O2/c1-16-10(13(18)15-9-4-2-3-6-14-9)11(17)12-8(5-7-21-12)22(16,19)20;1-6(10)13-8-5-3-2-4-7(8)9(11)12;1-2(3)4/h2-7,18H,1H3,(H,14,15);2-5H,1H3,(H,11,12);1H3,(H,3,4)/b13-10-;;. The largest absolute Gasteiger partial charge is 0.493 e. The Balaban J connectivity index is 0.000000266. The van der Waals surface area contributed by atoms with Crippen LogP contribution in [0.15, 0.2) is 76.6 Å². The second-order valence-corrected chi connectivity index (χ2v) is 10.2. The number of allylic oxidation sites excluding steroid dienone is 1. The van der Waals surface area contributed by atoms with Crippen molar-refractivity contribution < 1.29 is 47.7 Å². The van der Waals surface area contributed by atoms with Crippen LogP contribution < -0.4 is 10.1 Å². The Labute approximate surface area is 226 Å². The van der Waals surface area contributed by atoms with Gasteiger partial charge in [-0.2, -0.15) is 0 Å². The zero-order chi connectivity index (χ0) is 29.3. The molecule has 13 nitrogen and oxygen atoms in total. The van der Waals surface area contributed by atoms with Gasteiger partial charge in [-0.1, -0.05) is 18.2 Å². The molecule has 4 rings (SSSR count). The first-order chi connectivity index (χ1) is 18.3. The molecule has 1 aliphatic heterocycles. The van der Waals surface area contributed by atoms with Gasteiger partial charge in [-0.05, 0) is 35.7 Å². The number of fused-ring (bicyclic) bond motifs is 1. The van der Waals surface area contributed by atoms with Gasteiger partial charge in [0, 0.05) is 27.1 Å². The second kappa shape index (κ2) is 13.2. The van der Waals surface area contributed by atoms with E-state index in [0.29, 0.717) is 5.82 Å². The van der Waals surface area contributed by atoms with Crippen LogP contribution in [0.1, 0.15) is 33.9 Å². The van der Waals surface area contributed by atoms with E-state index in [0.717, 1.165) is 22.6 Å². The van der Waals surface area contributed by atoms with E-state index >= 15 is 0 Å². The van der Waals surface area contributed by atoms with Gasteiger partial charge in [-0.25, -0.2) is 18.2 Å². The van der Waals surface area contributed by atoms with Gasteiger partial charge < -0.3 is 25.4 Å². The Morgan fingerprint density at radius 2 is 1.62 bits per heavy atom. The van der Waals surface area contributed by atoms with Gasteiger partial charge in [-0.15, -0.1) is 11.3 Å². The number of para-hydroxylation sites is 1. The number of Topliss-reactive ketones (excluding diaryl/α,β-unsaturated/α-hetero) is 1. The van der Waals surface area contributed by atoms with E-state index in [1.54, 1.807) is 30.3 Å². The van der Waals surface area contributed by atoms with E-state index in [1.165, 1.54) is 43.7 Å². The van der Waals surface area contributed by atoms with Crippen molar-refractivity contribution in [1.82, 2.24) is 9.29 Å². The highest BCUT2D eigenvalue weighted by molar-refractivity contribution is 7.89. The number of sulfonamides is 1. The van der Waals surface area contributed by atoms with Crippen LogP contribution in [0.2, 0.25) is 0 Å². The van der Waals surface area contributed by atoms with Crippen molar-refractivity contribution in [2.24, 2.45) is 0 Å². The van der Waals surface area contributed by atoms with Gasteiger partial charge in [-0.3, -0.25) is 18.7 Å². The molecule has 1 aromatic carbocycles. The number of aliphatic hydroxyl groups excluding tert-OH is 1. The number of esters is 1. The Kier molecular flexibility index (Phi) is 10.3. The van der Waals surface area contributed by atoms with Gasteiger partial charge in [0.15, 0.2) is 5.70 Å². The molecule has 2 aromatic heterocycles. The van der Waals surface area contributed by atoms with E-state index < -0.39 is 39.6 Å². The van der Waals surface area contributed by atoms with Crippen molar-refractivity contribution in [2.75, 3.05) is 12.4 Å². The molecular formula is C24H23N3O10S2. The molecule has 4 N–H and O–H groups in total. The third kappa shape index (κ3) is 7.86. The number of nitrogens with zero attached hydrogens (tertiary/aromatic N) is 2. The SMILES string of the molecule is CC(=O)O.CC(=O)Oc1ccccc1C(=O)O.CN1/C(=C(\O)Nc2ccccn2)C(=O)c2sccc2S1(=O)=O. The molecule has 0 atom stereocenters. The minimum absolute atomic E-state index is 0.0160. The van der Waals surface area contributed by atoms with E-state index in [2.05, 4.69) is 15.0 Å². The van der Waals surface area contributed by atoms with Crippen molar-refractivity contribution in [1.29, 1.82) is 0 Å². The predicted octanol–water partition coefficient (Wildman–Crippen LogP) is 3.20. The van der Waals surface area contributed by atoms with Crippen molar-refractivity contribution >= 4 is 50.9 Å². The molecule has 0 aliphatic carbocycles. The van der Waals surface area contributed by atoms with Crippen LogP contribution in [0.25, 0.3) is 0 Å². The summed E-state index contributed by atoms with van der Waals surface area (Å²) in [5.41, 5.74) is -0.349. The summed E-state index contributed by atoms with van der Waals surface area (Å²) in [6.07, 6.45) is 1.50. The average molecular weight is 578 g/mol. The molecule has 3 aromatic rings. The molecule has 0 bridgehead atoms. The minimum Gasteiger partial charge on any atom is -0.493 e. The Morgan fingerprint density at radius 1 is 1.00 bits per heavy atom. The van der Waals surface area contributed by atoms with Crippen LogP contribution in [0.3, 0.4) is 0 Å². The lowest BCUT2D eigenvalue weighted by Crippen LogP contribution is -2.37. The fourth-order valence-corrected chi connectivity index (χ4v) is 5.49. The summed E-state index contributed by atoms with van der Waals surface area (Å²) in [5, 5.41) is 30.3. The predicted molar refractivity (Wildman–Crippen MR) is 139 cm³/mol. The number of aliphatic carboxylic acids is 1. The maximum Gasteiger partial charge on any atom is 0.339 e. The average Bonchev–Trinajstić information content (AvgIpc) is 3.35. The summed E-state index contributed by atoms with van der Waals surface area (Å²) in [6.45, 7) is 2.30. The highest BCUT2D eigenvalue weighted by Gasteiger charge is 2.40. The Hall–Kier alpha value is -4.76. The van der Waals surface area contributed by atoms with Gasteiger partial charge >= 0.3 is 11.9 Å². The molecule has 0 saturated carbocycles. The number of benzene rings is 1. The van der Waals surface area contributed by atoms with Crippen molar-refractivity contribution in [3.05, 3.63) is 82.1 Å². The second-order valence-electron chi connectivity index (χ2n) is 7.37. The minimum atomic E-state index is -3.85. The Bertz CT molecular complexity index is 1510. The number of aromatic nitrogens is 1. The molecule has 0 radical (unpaired) electrons. The molecule has 3 heterocycles. The van der Waals surface area contributed by atoms with Gasteiger partial charge in [0.25, 0.3) is 16.0 Å². The molecule has 15 heteroatoms. The van der Waals surface area contributed by atoms with Gasteiger partial charge in [0.05, 0.1) is 4.88 Å². The maximum atomic E-state index is 12.4. The molecule has 1 aliphatic rings. The first kappa shape index (κ1) is 30.5. The number of nitrogens with one attached hydrogen (secondary N) is 1. The lowest BCUT2D eigenvalue weighted by atomic mass is 10.2. The number of rotatable bonds is 4. The number of carbonyl (C=O) groups is 4. The normalized spacial score (nSPS) is 14.3. The fourth-order valence-electron chi connectivity index (χ4n) is 2.95. The highest BCUT2D eigenvalue weighted by Crippen LogP contribution is 2.35. The zero-order valence-electron chi connectivity index (χ0n) is 20.7. The summed E-state index contributed by atoms with van der Waals surface area (Å²) >= 11 is 1.02. The molecule has 206 valence electrons. The number of thiophene rings is 1. The number of carbonyl (C=O) groups excluding carboxylic acids is 2. The lowest BCUT2D eigenvalue weighted by molar-refractivity contribution is -0.134. The molecule has 0 saturated heterocycles. The van der Waals surface area contributed by atoms with Crippen LogP contribution in [-0.4, -0.2) is 63.8 Å². The van der Waals surface area contributed by atoms with Gasteiger partial charge in [0.2, 0.25) is 11.7 Å². The summed E-state index contributed by atoms with van der Waals surface area (Å²) in [7, 11) is -2.63. The highest BCUT2D eigenvalue weighted by atomic mass is 32.2. The molecular weight excluding hydrogens is 554 g/mol. The fraction of sp³-hybridized carbons (Fsp3) is 0.125. The lowest BCUT2D eigenvalue weighted by Gasteiger charge is -2.26. The van der Waals surface area contributed by atoms with Crippen LogP contribution in [-0.2, 0) is 19.6 Å². The summed E-state index contributed by atoms with van der Waals surface area (Å²) in [4.78, 5) is 46.6. The molecule has 39 heavy (non-hydrogen) atoms. The number of ether oxygens (including phenoxy) is 1. The third-order valence-electron chi connectivity index (χ3n) is 4.51. The summed E-state index contributed by atoms with van der Waals surface area (Å²) in [5.74, 6) is -3.23. The number of aromatic carboxylic acids is 1. The van der Waals surface area contributed by atoms with E-state index in [-0.39, 0.29) is 26.8 Å². The van der Waals surface area contributed by atoms with Crippen LogP contribution >= 0.6 is 11.3 Å². The van der Waals surface area contributed by atoms with Crippen LogP contribution in [0.4, 0.5) is 5.82 Å². The van der Waals surface area contributed by atoms with Gasteiger partial charge in [0.1, 0.15) is 22.0 Å². The van der Waals surface area contributed by atoms with E-state index in [1.807, 2.05) is 0 Å². The molecule has 0 fully saturated rings. The van der Waals surface area contributed by atoms with Crippen LogP contribution in [0.5, 0.6) is 5.75 Å². The van der Waals surface area contributed by atoms with Crippen molar-refractivity contribution in [2.45, 2.75) is 18.7 Å². The molecule has 0 unspecified atom stereocenters. The number of likely N-dealkylation sites (N-methyl/N-ethyl adjacent to an activating group) is 1. The Morgan fingerprint density at radius 3 is 2.18 bits per heavy atom. The number of hydrogen-bond acceptors (Lipinski definition) is 11. The zero-order valence-corrected chi connectivity index (χ0v) is 22.3. The van der Waals surface area contributed by atoms with Crippen molar-refractivity contribution in [3.8, 4) is 5.75 Å². The van der Waals surface area contributed by atoms with Crippen molar-refractivity contribution in [3.63, 3.8) is 0 Å². The molecule has 0 amide bonds. The number of carboxylic acids is 2. The quantitative estimate of drug-likeness (QED) is 0.153. The monoisotopic (exact) mass is 577 g/mol. The topological polar surface area (TPSA) is 200 Å². The number of pyridine rings is 1. The van der Waals surface area contributed by atoms with E-state index in [4.69, 9.17) is 15.0 Å². The number of carboxylic acid groups (broad SMARTS) is 2. The number of hydrogen-bond donors (Lipinski definition) is 4. The maximum absolute atomic E-state index is 12.4. The number of aliphatic hydroxyl groups is 1. The first-order valence-electron chi connectivity index (χ1n) is 10.7. The summed E-state index contributed by atoms with van der Waals surface area (Å²) in [6, 6.07) is 12.3. The smallest absolute Gasteiger partial charge is 0.339 e. The summed E-state index contributed by atoms with van der Waals surface area (Å²) < 4.78 is 30.2. The van der Waals surface area contributed by atoms with Crippen LogP contribution in [0, 0.1) is 0 Å². The number of ketones is 1. The first-order valence-corrected chi connectivity index (χ1v) is 13.0. The van der Waals surface area contributed by atoms with E-state index in [9.17, 15) is 27.9 Å². The number of anilines is 1.